The number of nitrogens with two attached hydrogens (primary N) is 1. The Balaban J connectivity index is 2.34. The van der Waals surface area contributed by atoms with Gasteiger partial charge in [0.1, 0.15) is 0 Å². The summed E-state index contributed by atoms with van der Waals surface area (Å²) in [5.41, 5.74) is 3.82. The maximum Gasteiger partial charge on any atom is 0.0996 e. The molecule has 0 saturated carbocycles. The topological polar surface area (TPSA) is 59.1 Å². The van der Waals surface area contributed by atoms with Crippen molar-refractivity contribution in [3.05, 3.63) is 37.7 Å². The maximum atomic E-state index is 6.22. The minimum atomic E-state index is -0.179. The Morgan fingerprint density at radius 1 is 1.60 bits per heavy atom. The minimum absolute atomic E-state index is 0.179. The van der Waals surface area contributed by atoms with Crippen LogP contribution in [0.4, 0.5) is 0 Å². The summed E-state index contributed by atoms with van der Waals surface area (Å²) < 4.78 is 2.87. The lowest BCUT2D eigenvalue weighted by molar-refractivity contribution is 0.365. The van der Waals surface area contributed by atoms with Gasteiger partial charge in [0.2, 0.25) is 0 Å². The number of likely N-dealkylation sites (N-methyl/N-ethyl adjacent to an activating group) is 1. The van der Waals surface area contributed by atoms with Crippen LogP contribution in [0.1, 0.15) is 16.6 Å². The zero-order valence-electron chi connectivity index (χ0n) is 11.3. The fourth-order valence-electron chi connectivity index (χ4n) is 1.92. The zero-order chi connectivity index (χ0) is 14.7. The van der Waals surface area contributed by atoms with Crippen LogP contribution in [0.3, 0.4) is 0 Å². The number of hydrogen-bond donors (Lipinski definition) is 2. The van der Waals surface area contributed by atoms with Crippen LogP contribution in [-0.4, -0.2) is 35.3 Å². The highest BCUT2D eigenvalue weighted by atomic mass is 79.9. The van der Waals surface area contributed by atoms with Crippen molar-refractivity contribution in [2.75, 3.05) is 20.6 Å². The second-order valence-electron chi connectivity index (χ2n) is 4.64. The van der Waals surface area contributed by atoms with Gasteiger partial charge in [-0.15, -0.1) is 11.3 Å². The first-order chi connectivity index (χ1) is 9.54. The highest BCUT2D eigenvalue weighted by Crippen LogP contribution is 2.35. The second-order valence-corrected chi connectivity index (χ2v) is 6.85. The maximum absolute atomic E-state index is 6.22. The summed E-state index contributed by atoms with van der Waals surface area (Å²) in [6.07, 6.45) is 1.79. The molecule has 0 bridgehead atoms. The van der Waals surface area contributed by atoms with Crippen molar-refractivity contribution in [1.82, 2.24) is 20.1 Å². The molecule has 0 aliphatic heterocycles. The molecular formula is C12H17BrClN5S. The number of nitrogens with one attached hydrogen (secondary N) is 1. The number of hydrogen-bond acceptors (Lipinski definition) is 5. The number of thiophene rings is 1. The molecule has 2 rings (SSSR count). The molecule has 0 aliphatic carbocycles. The molecule has 1 atom stereocenters. The molecule has 3 N–H and O–H groups in total. The molecule has 2 aromatic heterocycles. The van der Waals surface area contributed by atoms with Crippen LogP contribution in [0.5, 0.6) is 0 Å². The summed E-state index contributed by atoms with van der Waals surface area (Å²) in [4.78, 5) is 3.10. The van der Waals surface area contributed by atoms with Gasteiger partial charge in [-0.05, 0) is 41.5 Å². The van der Waals surface area contributed by atoms with Crippen LogP contribution in [-0.2, 0) is 6.54 Å². The Bertz CT molecular complexity index is 568. The Morgan fingerprint density at radius 3 is 2.90 bits per heavy atom. The second kappa shape index (κ2) is 7.02. The van der Waals surface area contributed by atoms with Crippen LogP contribution in [0.25, 0.3) is 0 Å². The van der Waals surface area contributed by atoms with Crippen molar-refractivity contribution in [1.29, 1.82) is 0 Å². The van der Waals surface area contributed by atoms with Crippen molar-refractivity contribution in [3.8, 4) is 0 Å². The molecule has 0 fully saturated rings. The fourth-order valence-corrected chi connectivity index (χ4v) is 3.67. The predicted molar refractivity (Wildman–Crippen MR) is 87.0 cm³/mol. The van der Waals surface area contributed by atoms with Crippen LogP contribution in [0, 0.1) is 0 Å². The van der Waals surface area contributed by atoms with Crippen LogP contribution < -0.4 is 11.3 Å². The van der Waals surface area contributed by atoms with Gasteiger partial charge >= 0.3 is 0 Å². The number of halogens is 2. The first kappa shape index (κ1) is 15.9. The Hall–Kier alpha value is -0.440. The average molecular weight is 379 g/mol. The monoisotopic (exact) mass is 377 g/mol. The van der Waals surface area contributed by atoms with E-state index in [0.29, 0.717) is 5.02 Å². The van der Waals surface area contributed by atoms with Gasteiger partial charge in [-0.3, -0.25) is 10.5 Å². The van der Waals surface area contributed by atoms with Gasteiger partial charge in [-0.2, -0.15) is 5.10 Å². The summed E-state index contributed by atoms with van der Waals surface area (Å²) in [5.74, 6) is 5.74. The van der Waals surface area contributed by atoms with Crippen molar-refractivity contribution < 1.29 is 0 Å². The molecular weight excluding hydrogens is 362 g/mol. The third-order valence-corrected chi connectivity index (χ3v) is 4.97. The third kappa shape index (κ3) is 3.41. The molecule has 5 nitrogen and oxygen atoms in total. The number of aromatic nitrogens is 2. The summed E-state index contributed by atoms with van der Waals surface area (Å²) in [6, 6.07) is 1.70. The molecule has 20 heavy (non-hydrogen) atoms. The summed E-state index contributed by atoms with van der Waals surface area (Å²) in [7, 11) is 4.07. The number of nitrogens with zero attached hydrogens (tertiary/aromatic N) is 3. The molecule has 110 valence electrons. The van der Waals surface area contributed by atoms with E-state index in [2.05, 4.69) is 31.4 Å². The van der Waals surface area contributed by atoms with E-state index in [0.717, 1.165) is 28.1 Å². The normalized spacial score (nSPS) is 13.1. The largest absolute Gasteiger partial charge is 0.308 e. The minimum Gasteiger partial charge on any atom is -0.308 e. The van der Waals surface area contributed by atoms with E-state index in [9.17, 15) is 0 Å². The smallest absolute Gasteiger partial charge is 0.0996 e. The SMILES string of the molecule is CN(C)CCn1ncc(Br)c1C(NN)c1sccc1Cl. The van der Waals surface area contributed by atoms with E-state index in [1.165, 1.54) is 0 Å². The predicted octanol–water partition coefficient (Wildman–Crippen LogP) is 2.47. The third-order valence-electron chi connectivity index (χ3n) is 2.94. The molecule has 0 aromatic carbocycles. The molecule has 1 unspecified atom stereocenters. The van der Waals surface area contributed by atoms with Gasteiger partial charge in [-0.25, -0.2) is 5.43 Å². The molecule has 0 aliphatic rings. The van der Waals surface area contributed by atoms with Gasteiger partial charge < -0.3 is 4.90 Å². The molecule has 2 heterocycles. The molecule has 2 aromatic rings. The molecule has 0 amide bonds. The number of rotatable bonds is 6. The standard InChI is InChI=1S/C12H17BrClN5S/c1-18(2)4-5-19-11(8(13)7-16-19)10(17-15)12-9(14)3-6-20-12/h3,6-7,10,17H,4-5,15H2,1-2H3. The van der Waals surface area contributed by atoms with E-state index in [4.69, 9.17) is 17.4 Å². The van der Waals surface area contributed by atoms with Crippen molar-refractivity contribution in [2.24, 2.45) is 5.84 Å². The Morgan fingerprint density at radius 2 is 2.35 bits per heavy atom. The average Bonchev–Trinajstić information content (AvgIpc) is 2.97. The lowest BCUT2D eigenvalue weighted by atomic mass is 10.2. The van der Waals surface area contributed by atoms with Gasteiger partial charge in [0.15, 0.2) is 0 Å². The lowest BCUT2D eigenvalue weighted by Crippen LogP contribution is -2.31. The zero-order valence-corrected chi connectivity index (χ0v) is 14.5. The van der Waals surface area contributed by atoms with Gasteiger partial charge in [0.25, 0.3) is 0 Å². The van der Waals surface area contributed by atoms with Crippen LogP contribution in [0.2, 0.25) is 5.02 Å². The van der Waals surface area contributed by atoms with Crippen molar-refractivity contribution in [2.45, 2.75) is 12.6 Å². The van der Waals surface area contributed by atoms with E-state index in [1.807, 2.05) is 30.2 Å². The summed E-state index contributed by atoms with van der Waals surface area (Å²) in [6.45, 7) is 1.69. The molecule has 0 spiro atoms. The van der Waals surface area contributed by atoms with Crippen molar-refractivity contribution >= 4 is 38.9 Å². The highest BCUT2D eigenvalue weighted by Gasteiger charge is 2.24. The summed E-state index contributed by atoms with van der Waals surface area (Å²) in [5, 5.41) is 7.07. The molecule has 8 heteroatoms. The van der Waals surface area contributed by atoms with Crippen molar-refractivity contribution in [3.63, 3.8) is 0 Å². The van der Waals surface area contributed by atoms with E-state index in [1.54, 1.807) is 17.5 Å². The van der Waals surface area contributed by atoms with E-state index in [-0.39, 0.29) is 6.04 Å². The van der Waals surface area contributed by atoms with Gasteiger partial charge in [-0.1, -0.05) is 11.6 Å². The quantitative estimate of drug-likeness (QED) is 0.599. The fraction of sp³-hybridized carbons (Fsp3) is 0.417. The van der Waals surface area contributed by atoms with Crippen LogP contribution in [0.15, 0.2) is 22.1 Å². The first-order valence-corrected chi connectivity index (χ1v) is 8.14. The Kier molecular flexibility index (Phi) is 5.59. The number of hydrazine groups is 1. The van der Waals surface area contributed by atoms with Crippen LogP contribution >= 0.6 is 38.9 Å². The molecule has 0 radical (unpaired) electrons. The van der Waals surface area contributed by atoms with Gasteiger partial charge in [0.05, 0.1) is 34.0 Å². The molecule has 0 saturated heterocycles. The van der Waals surface area contributed by atoms with E-state index >= 15 is 0 Å². The lowest BCUT2D eigenvalue weighted by Gasteiger charge is -2.19. The van der Waals surface area contributed by atoms with E-state index < -0.39 is 0 Å². The Labute approximate surface area is 135 Å². The highest BCUT2D eigenvalue weighted by molar-refractivity contribution is 9.10. The first-order valence-electron chi connectivity index (χ1n) is 6.09. The summed E-state index contributed by atoms with van der Waals surface area (Å²) >= 11 is 11.3. The van der Waals surface area contributed by atoms with Gasteiger partial charge in [0, 0.05) is 11.4 Å².